The van der Waals surface area contributed by atoms with Gasteiger partial charge in [0.2, 0.25) is 0 Å². The second kappa shape index (κ2) is 6.84. The Morgan fingerprint density at radius 1 is 1.08 bits per heavy atom. The fraction of sp³-hybridized carbons (Fsp3) is 1.00. The lowest BCUT2D eigenvalue weighted by Gasteiger charge is -2.57. The van der Waals surface area contributed by atoms with Gasteiger partial charge in [-0.1, -0.05) is 0 Å². The first-order chi connectivity index (χ1) is 11.7. The fourth-order valence-corrected chi connectivity index (χ4v) is 5.42. The van der Waals surface area contributed by atoms with E-state index in [1.807, 2.05) is 0 Å². The van der Waals surface area contributed by atoms with E-state index in [1.165, 1.54) is 19.4 Å². The molecular formula is C19H33NO4. The minimum atomic E-state index is -0.233. The minimum absolute atomic E-state index is 0.0503. The molecule has 2 heterocycles. The van der Waals surface area contributed by atoms with Gasteiger partial charge in [-0.2, -0.15) is 0 Å². The van der Waals surface area contributed by atoms with Gasteiger partial charge in [-0.05, 0) is 51.6 Å². The van der Waals surface area contributed by atoms with Crippen molar-refractivity contribution in [2.24, 2.45) is 11.3 Å². The molecule has 0 bridgehead atoms. The molecule has 5 heteroatoms. The van der Waals surface area contributed by atoms with Gasteiger partial charge in [0.05, 0.1) is 25.4 Å². The minimum Gasteiger partial charge on any atom is -0.392 e. The van der Waals surface area contributed by atoms with Gasteiger partial charge < -0.3 is 24.2 Å². The number of hydrogen-bond acceptors (Lipinski definition) is 5. The molecule has 2 atom stereocenters. The standard InChI is InChI=1S/C19H33NO4/c1-2-22-17-13-16(21)18(17)7-9-20(10-8-18)14-15-3-5-19(6-4-15)23-11-12-24-19/h15-17,21H,2-14H2,1H3/t16-,17-/m1/s1. The van der Waals surface area contributed by atoms with Crippen LogP contribution in [0, 0.1) is 11.3 Å². The highest BCUT2D eigenvalue weighted by molar-refractivity contribution is 5.06. The Hall–Kier alpha value is -0.200. The van der Waals surface area contributed by atoms with Crippen LogP contribution in [0.3, 0.4) is 0 Å². The third-order valence-corrected chi connectivity index (χ3v) is 7.09. The van der Waals surface area contributed by atoms with Crippen LogP contribution in [0.2, 0.25) is 0 Å². The van der Waals surface area contributed by atoms with Gasteiger partial charge in [0, 0.05) is 37.8 Å². The van der Waals surface area contributed by atoms with Crippen molar-refractivity contribution in [2.45, 2.75) is 69.9 Å². The predicted octanol–water partition coefficient (Wildman–Crippen LogP) is 2.17. The van der Waals surface area contributed by atoms with Crippen molar-refractivity contribution in [3.8, 4) is 0 Å². The molecule has 0 radical (unpaired) electrons. The van der Waals surface area contributed by atoms with E-state index in [9.17, 15) is 5.11 Å². The first-order valence-corrected chi connectivity index (χ1v) is 9.96. The number of aliphatic hydroxyl groups is 1. The van der Waals surface area contributed by atoms with E-state index >= 15 is 0 Å². The molecule has 0 unspecified atom stereocenters. The van der Waals surface area contributed by atoms with Gasteiger partial charge >= 0.3 is 0 Å². The maximum absolute atomic E-state index is 10.3. The van der Waals surface area contributed by atoms with E-state index in [0.29, 0.717) is 0 Å². The van der Waals surface area contributed by atoms with Crippen LogP contribution in [-0.4, -0.2) is 67.5 Å². The molecule has 2 aliphatic heterocycles. The van der Waals surface area contributed by atoms with Crippen LogP contribution in [-0.2, 0) is 14.2 Å². The number of ether oxygens (including phenoxy) is 3. The number of likely N-dealkylation sites (tertiary alicyclic amines) is 1. The highest BCUT2D eigenvalue weighted by Gasteiger charge is 2.56. The maximum atomic E-state index is 10.3. The SMILES string of the molecule is CCO[C@@H]1C[C@@H](O)C12CCN(CC1CCC3(CC1)OCCO3)CC2. The summed E-state index contributed by atoms with van der Waals surface area (Å²) in [5.74, 6) is 0.537. The summed E-state index contributed by atoms with van der Waals surface area (Å²) in [5.41, 5.74) is 0.0503. The average molecular weight is 339 g/mol. The fourth-order valence-electron chi connectivity index (χ4n) is 5.42. The van der Waals surface area contributed by atoms with E-state index in [4.69, 9.17) is 14.2 Å². The molecule has 0 aromatic heterocycles. The Balaban J connectivity index is 1.24. The Kier molecular flexibility index (Phi) is 4.91. The lowest BCUT2D eigenvalue weighted by molar-refractivity contribution is -0.211. The van der Waals surface area contributed by atoms with Crippen LogP contribution in [0.15, 0.2) is 0 Å². The zero-order chi connectivity index (χ0) is 16.6. The van der Waals surface area contributed by atoms with Crippen molar-refractivity contribution in [3.05, 3.63) is 0 Å². The molecule has 2 saturated heterocycles. The molecule has 0 aromatic rings. The van der Waals surface area contributed by atoms with Gasteiger partial charge in [-0.25, -0.2) is 0 Å². The average Bonchev–Trinajstić information content (AvgIpc) is 3.06. The van der Waals surface area contributed by atoms with Crippen molar-refractivity contribution < 1.29 is 19.3 Å². The van der Waals surface area contributed by atoms with Crippen LogP contribution in [0.4, 0.5) is 0 Å². The summed E-state index contributed by atoms with van der Waals surface area (Å²) < 4.78 is 17.6. The quantitative estimate of drug-likeness (QED) is 0.851. The zero-order valence-electron chi connectivity index (χ0n) is 15.0. The monoisotopic (exact) mass is 339 g/mol. The largest absolute Gasteiger partial charge is 0.392 e. The number of aliphatic hydroxyl groups excluding tert-OH is 1. The smallest absolute Gasteiger partial charge is 0.168 e. The van der Waals surface area contributed by atoms with E-state index in [-0.39, 0.29) is 23.4 Å². The summed E-state index contributed by atoms with van der Waals surface area (Å²) in [6, 6.07) is 0. The lowest BCUT2D eigenvalue weighted by Crippen LogP contribution is -2.62. The highest BCUT2D eigenvalue weighted by atomic mass is 16.7. The first-order valence-electron chi connectivity index (χ1n) is 9.96. The molecule has 24 heavy (non-hydrogen) atoms. The molecule has 4 aliphatic rings. The second-order valence-electron chi connectivity index (χ2n) is 8.28. The predicted molar refractivity (Wildman–Crippen MR) is 90.7 cm³/mol. The number of rotatable bonds is 4. The Morgan fingerprint density at radius 2 is 1.75 bits per heavy atom. The Bertz CT molecular complexity index is 417. The molecule has 2 spiro atoms. The Labute approximate surface area is 145 Å². The number of piperidine rings is 1. The van der Waals surface area contributed by atoms with Crippen LogP contribution in [0.1, 0.15) is 51.9 Å². The molecule has 2 aliphatic carbocycles. The maximum Gasteiger partial charge on any atom is 0.168 e. The number of hydrogen-bond donors (Lipinski definition) is 1. The zero-order valence-corrected chi connectivity index (χ0v) is 15.0. The molecular weight excluding hydrogens is 306 g/mol. The van der Waals surface area contributed by atoms with Crippen molar-refractivity contribution in [3.63, 3.8) is 0 Å². The first kappa shape index (κ1) is 17.2. The third-order valence-electron chi connectivity index (χ3n) is 7.09. The summed E-state index contributed by atoms with van der Waals surface area (Å²) in [6.45, 7) is 7.76. The van der Waals surface area contributed by atoms with Crippen LogP contribution < -0.4 is 0 Å². The second-order valence-corrected chi connectivity index (χ2v) is 8.28. The van der Waals surface area contributed by atoms with Crippen LogP contribution in [0.5, 0.6) is 0 Å². The summed E-state index contributed by atoms with van der Waals surface area (Å²) in [7, 11) is 0. The van der Waals surface area contributed by atoms with E-state index in [1.54, 1.807) is 0 Å². The summed E-state index contributed by atoms with van der Waals surface area (Å²) in [4.78, 5) is 2.61. The molecule has 138 valence electrons. The topological polar surface area (TPSA) is 51.2 Å². The van der Waals surface area contributed by atoms with E-state index in [2.05, 4.69) is 11.8 Å². The normalized spacial score (nSPS) is 36.2. The van der Waals surface area contributed by atoms with Gasteiger partial charge in [0.1, 0.15) is 0 Å². The van der Waals surface area contributed by atoms with Crippen molar-refractivity contribution in [1.82, 2.24) is 4.90 Å². The molecule has 0 amide bonds. The van der Waals surface area contributed by atoms with Crippen LogP contribution in [0.25, 0.3) is 0 Å². The molecule has 1 N–H and O–H groups in total. The van der Waals surface area contributed by atoms with Crippen molar-refractivity contribution in [1.29, 1.82) is 0 Å². The highest BCUT2D eigenvalue weighted by Crippen LogP contribution is 2.51. The van der Waals surface area contributed by atoms with Gasteiger partial charge in [-0.15, -0.1) is 0 Å². The summed E-state index contributed by atoms with van der Waals surface area (Å²) in [5, 5.41) is 10.3. The lowest BCUT2D eigenvalue weighted by atomic mass is 9.58. The van der Waals surface area contributed by atoms with Gasteiger partial charge in [0.15, 0.2) is 5.79 Å². The van der Waals surface area contributed by atoms with E-state index in [0.717, 1.165) is 70.9 Å². The number of nitrogens with zero attached hydrogens (tertiary/aromatic N) is 1. The Morgan fingerprint density at radius 3 is 2.33 bits per heavy atom. The molecule has 4 fully saturated rings. The summed E-state index contributed by atoms with van der Waals surface area (Å²) >= 11 is 0. The van der Waals surface area contributed by atoms with E-state index < -0.39 is 0 Å². The molecule has 4 rings (SSSR count). The summed E-state index contributed by atoms with van der Waals surface area (Å²) in [6.07, 6.45) is 7.68. The molecule has 2 saturated carbocycles. The van der Waals surface area contributed by atoms with Gasteiger partial charge in [0.25, 0.3) is 0 Å². The van der Waals surface area contributed by atoms with Crippen molar-refractivity contribution in [2.75, 3.05) is 39.5 Å². The van der Waals surface area contributed by atoms with Crippen molar-refractivity contribution >= 4 is 0 Å². The van der Waals surface area contributed by atoms with Gasteiger partial charge in [-0.3, -0.25) is 0 Å². The van der Waals surface area contributed by atoms with Crippen LogP contribution >= 0.6 is 0 Å². The third kappa shape index (κ3) is 3.03. The molecule has 0 aromatic carbocycles. The molecule has 5 nitrogen and oxygen atoms in total.